The molecule has 1 saturated carbocycles. The molecule has 3 aliphatic rings. The van der Waals surface area contributed by atoms with Crippen LogP contribution in [-0.2, 0) is 11.8 Å². The van der Waals surface area contributed by atoms with Gasteiger partial charge in [-0.15, -0.1) is 10.2 Å². The van der Waals surface area contributed by atoms with E-state index < -0.39 is 6.50 Å². The van der Waals surface area contributed by atoms with E-state index in [-0.39, 0.29) is 11.3 Å². The maximum atomic E-state index is 9.03. The highest BCUT2D eigenvalue weighted by molar-refractivity contribution is 5.88. The maximum absolute atomic E-state index is 9.03. The number of likely N-dealkylation sites (tertiary alicyclic amines) is 1. The Balaban J connectivity index is 1.08. The molecule has 7 nitrogen and oxygen atoms in total. The Morgan fingerprint density at radius 3 is 2.66 bits per heavy atom. The molecule has 186 valence electrons. The largest absolute Gasteiger partial charge is 0.381 e. The summed E-state index contributed by atoms with van der Waals surface area (Å²) in [6.07, 6.45) is 4.94. The molecule has 35 heavy (non-hydrogen) atoms. The molecule has 7 heteroatoms. The lowest BCUT2D eigenvalue weighted by Gasteiger charge is -2.40. The van der Waals surface area contributed by atoms with E-state index in [0.717, 1.165) is 65.9 Å². The van der Waals surface area contributed by atoms with E-state index in [1.165, 1.54) is 0 Å². The average molecular weight is 477 g/mol. The fourth-order valence-electron chi connectivity index (χ4n) is 6.40. The number of benzene rings is 1. The first kappa shape index (κ1) is 20.7. The molecular formula is C28H38N6O. The number of nitrogens with one attached hydrogen (secondary N) is 1. The molecule has 2 aromatic heterocycles. The smallest absolute Gasteiger partial charge is 0.148 e. The fourth-order valence-corrected chi connectivity index (χ4v) is 6.40. The second kappa shape index (κ2) is 8.86. The van der Waals surface area contributed by atoms with Crippen molar-refractivity contribution in [1.29, 1.82) is 0 Å². The SMILES string of the molecule is [2H]C([2H])(C1CCOCC1(C)C)N1C[C@H]2CC(Nc3ccc(-c4ccc5nn(C)cc5c4C)nn3)C[C@H]2C1. The number of anilines is 1. The number of aryl methyl sites for hydroxylation is 2. The Morgan fingerprint density at radius 2 is 1.94 bits per heavy atom. The number of hydrogen-bond acceptors (Lipinski definition) is 6. The quantitative estimate of drug-likeness (QED) is 0.584. The van der Waals surface area contributed by atoms with Gasteiger partial charge in [-0.3, -0.25) is 4.68 Å². The molecule has 0 bridgehead atoms. The van der Waals surface area contributed by atoms with E-state index in [2.05, 4.69) is 52.4 Å². The third-order valence-electron chi connectivity index (χ3n) is 8.42. The van der Waals surface area contributed by atoms with Gasteiger partial charge in [0.2, 0.25) is 0 Å². The van der Waals surface area contributed by atoms with Gasteiger partial charge in [0.05, 0.1) is 17.8 Å². The first-order valence-electron chi connectivity index (χ1n) is 14.0. The minimum atomic E-state index is -1.29. The first-order valence-corrected chi connectivity index (χ1v) is 13.0. The Bertz CT molecular complexity index is 1280. The zero-order valence-corrected chi connectivity index (χ0v) is 21.3. The Labute approximate surface area is 211 Å². The molecule has 3 fully saturated rings. The summed E-state index contributed by atoms with van der Waals surface area (Å²) in [5, 5.41) is 18.3. The summed E-state index contributed by atoms with van der Waals surface area (Å²) in [4.78, 5) is 2.13. The molecule has 1 N–H and O–H groups in total. The van der Waals surface area contributed by atoms with Crippen molar-refractivity contribution >= 4 is 16.7 Å². The van der Waals surface area contributed by atoms with Crippen LogP contribution in [-0.4, -0.2) is 63.7 Å². The van der Waals surface area contributed by atoms with Crippen LogP contribution in [0.3, 0.4) is 0 Å². The van der Waals surface area contributed by atoms with Crippen LogP contribution in [0.25, 0.3) is 22.2 Å². The molecule has 6 rings (SSSR count). The van der Waals surface area contributed by atoms with Gasteiger partial charge in [0, 0.05) is 59.2 Å². The highest BCUT2D eigenvalue weighted by atomic mass is 16.5. The van der Waals surface area contributed by atoms with E-state index in [0.29, 0.717) is 31.1 Å². The molecule has 2 saturated heterocycles. The predicted octanol–water partition coefficient (Wildman–Crippen LogP) is 4.52. The predicted molar refractivity (Wildman–Crippen MR) is 139 cm³/mol. The lowest BCUT2D eigenvalue weighted by atomic mass is 9.76. The molecular weight excluding hydrogens is 436 g/mol. The van der Waals surface area contributed by atoms with Crippen molar-refractivity contribution in [3.8, 4) is 11.3 Å². The first-order chi connectivity index (χ1) is 17.6. The number of rotatable bonds is 5. The highest BCUT2D eigenvalue weighted by Gasteiger charge is 2.43. The topological polar surface area (TPSA) is 68.1 Å². The van der Waals surface area contributed by atoms with Gasteiger partial charge in [-0.1, -0.05) is 19.9 Å². The Morgan fingerprint density at radius 1 is 1.14 bits per heavy atom. The number of aromatic nitrogens is 4. The molecule has 1 aliphatic carbocycles. The van der Waals surface area contributed by atoms with E-state index in [4.69, 9.17) is 7.48 Å². The van der Waals surface area contributed by atoms with Crippen molar-refractivity contribution in [1.82, 2.24) is 24.9 Å². The van der Waals surface area contributed by atoms with E-state index in [1.54, 1.807) is 0 Å². The molecule has 4 atom stereocenters. The summed E-state index contributed by atoms with van der Waals surface area (Å²) in [6.45, 7) is 8.10. The van der Waals surface area contributed by atoms with Gasteiger partial charge in [-0.05, 0) is 73.1 Å². The van der Waals surface area contributed by atoms with Crippen LogP contribution in [0.2, 0.25) is 0 Å². The second-order valence-corrected chi connectivity index (χ2v) is 11.5. The normalized spacial score (nSPS) is 29.7. The van der Waals surface area contributed by atoms with E-state index >= 15 is 0 Å². The van der Waals surface area contributed by atoms with Crippen molar-refractivity contribution in [3.63, 3.8) is 0 Å². The molecule has 0 spiro atoms. The van der Waals surface area contributed by atoms with Gasteiger partial charge in [0.25, 0.3) is 0 Å². The zero-order chi connectivity index (χ0) is 25.9. The number of hydrogen-bond donors (Lipinski definition) is 1. The third-order valence-corrected chi connectivity index (χ3v) is 8.42. The molecule has 1 aromatic carbocycles. The van der Waals surface area contributed by atoms with Crippen molar-refractivity contribution in [2.75, 3.05) is 38.1 Å². The summed E-state index contributed by atoms with van der Waals surface area (Å²) >= 11 is 0. The van der Waals surface area contributed by atoms with Gasteiger partial charge in [0.1, 0.15) is 5.82 Å². The summed E-state index contributed by atoms with van der Waals surface area (Å²) in [5.41, 5.74) is 3.96. The van der Waals surface area contributed by atoms with E-state index in [9.17, 15) is 0 Å². The Kier molecular flexibility index (Phi) is 5.23. The van der Waals surface area contributed by atoms with Gasteiger partial charge >= 0.3 is 0 Å². The minimum absolute atomic E-state index is 0.00205. The van der Waals surface area contributed by atoms with Crippen molar-refractivity contribution in [2.45, 2.75) is 46.1 Å². The number of ether oxygens (including phenoxy) is 1. The molecule has 2 aliphatic heterocycles. The lowest BCUT2D eigenvalue weighted by Crippen LogP contribution is -2.42. The summed E-state index contributed by atoms with van der Waals surface area (Å²) < 4.78 is 25.6. The summed E-state index contributed by atoms with van der Waals surface area (Å²) in [5.74, 6) is 1.86. The van der Waals surface area contributed by atoms with Gasteiger partial charge in [-0.25, -0.2) is 0 Å². The summed E-state index contributed by atoms with van der Waals surface area (Å²) in [7, 11) is 1.94. The van der Waals surface area contributed by atoms with Crippen LogP contribution < -0.4 is 5.32 Å². The minimum Gasteiger partial charge on any atom is -0.381 e. The van der Waals surface area contributed by atoms with Crippen LogP contribution in [0.15, 0.2) is 30.5 Å². The molecule has 0 amide bonds. The molecule has 4 heterocycles. The highest BCUT2D eigenvalue weighted by Crippen LogP contribution is 2.41. The Hall–Kier alpha value is -2.51. The number of nitrogens with zero attached hydrogens (tertiary/aromatic N) is 5. The monoisotopic (exact) mass is 476 g/mol. The van der Waals surface area contributed by atoms with Crippen LogP contribution in [0.5, 0.6) is 0 Å². The molecule has 2 unspecified atom stereocenters. The van der Waals surface area contributed by atoms with Gasteiger partial charge < -0.3 is 15.0 Å². The van der Waals surface area contributed by atoms with Crippen LogP contribution >= 0.6 is 0 Å². The van der Waals surface area contributed by atoms with E-state index in [1.807, 2.05) is 36.1 Å². The van der Waals surface area contributed by atoms with Crippen molar-refractivity contribution < 1.29 is 7.48 Å². The van der Waals surface area contributed by atoms with Gasteiger partial charge in [0.15, 0.2) is 0 Å². The van der Waals surface area contributed by atoms with Crippen LogP contribution in [0, 0.1) is 30.1 Å². The standard InChI is InChI=1S/C28H38N6O/c1-18-23(5-6-26-24(18)16-33(4)32-26)25-7-8-27(31-30-25)29-22-11-19-13-34(14-20(19)12-22)15-21-9-10-35-17-28(21,2)3/h5-8,16,19-22H,9-15,17H2,1-4H3,(H,29,31)/t19-,20+,21?,22?/i15D2. The van der Waals surface area contributed by atoms with Crippen molar-refractivity contribution in [2.24, 2.45) is 30.2 Å². The molecule has 0 radical (unpaired) electrons. The number of fused-ring (bicyclic) bond motifs is 2. The summed E-state index contributed by atoms with van der Waals surface area (Å²) in [6, 6.07) is 8.54. The average Bonchev–Trinajstić information content (AvgIpc) is 3.53. The lowest BCUT2D eigenvalue weighted by molar-refractivity contribution is -0.0409. The van der Waals surface area contributed by atoms with Crippen LogP contribution in [0.1, 0.15) is 41.4 Å². The second-order valence-electron chi connectivity index (χ2n) is 11.5. The van der Waals surface area contributed by atoms with Crippen molar-refractivity contribution in [3.05, 3.63) is 36.0 Å². The van der Waals surface area contributed by atoms with Gasteiger partial charge in [-0.2, -0.15) is 5.10 Å². The maximum Gasteiger partial charge on any atom is 0.148 e. The third kappa shape index (κ3) is 4.45. The molecule has 3 aromatic rings. The van der Waals surface area contributed by atoms with Crippen LogP contribution in [0.4, 0.5) is 5.82 Å². The fraction of sp³-hybridized carbons (Fsp3) is 0.607. The zero-order valence-electron chi connectivity index (χ0n) is 23.3.